The largest absolute Gasteiger partial charge is 0.323 e. The molecule has 6 nitrogen and oxygen atoms in total. The summed E-state index contributed by atoms with van der Waals surface area (Å²) in [5.74, 6) is -0.509. The van der Waals surface area contributed by atoms with E-state index in [0.29, 0.717) is 17.3 Å². The van der Waals surface area contributed by atoms with Crippen LogP contribution in [0.15, 0.2) is 36.7 Å². The van der Waals surface area contributed by atoms with Crippen LogP contribution in [0, 0.1) is 5.82 Å². The Bertz CT molecular complexity index is 609. The van der Waals surface area contributed by atoms with Crippen molar-refractivity contribution in [2.75, 3.05) is 10.6 Å². The molecule has 1 atom stereocenters. The van der Waals surface area contributed by atoms with Gasteiger partial charge in [0.05, 0.1) is 17.4 Å². The van der Waals surface area contributed by atoms with Crippen LogP contribution < -0.4 is 16.4 Å². The third kappa shape index (κ3) is 4.66. The molecule has 0 spiro atoms. The van der Waals surface area contributed by atoms with Gasteiger partial charge in [-0.05, 0) is 31.2 Å². The lowest BCUT2D eigenvalue weighted by Crippen LogP contribution is -2.32. The molecule has 0 bridgehead atoms. The zero-order chi connectivity index (χ0) is 14.5. The quantitative estimate of drug-likeness (QED) is 0.803. The molecule has 0 radical (unpaired) electrons. The Balaban J connectivity index is 0.00000220. The third-order valence-electron chi connectivity index (χ3n) is 2.47. The van der Waals surface area contributed by atoms with E-state index in [9.17, 15) is 9.18 Å². The second-order valence-electron chi connectivity index (χ2n) is 4.17. The number of carbonyl (C=O) groups excluding carboxylic acids is 1. The van der Waals surface area contributed by atoms with Crippen LogP contribution in [-0.4, -0.2) is 21.9 Å². The molecule has 0 aliphatic heterocycles. The van der Waals surface area contributed by atoms with Crippen LogP contribution in [-0.2, 0) is 4.79 Å². The molecule has 0 saturated carbocycles. The average molecular weight is 312 g/mol. The average Bonchev–Trinajstić information content (AvgIpc) is 2.42. The van der Waals surface area contributed by atoms with Crippen molar-refractivity contribution in [1.29, 1.82) is 0 Å². The Morgan fingerprint density at radius 1 is 1.29 bits per heavy atom. The minimum atomic E-state index is -0.666. The number of nitrogens with zero attached hydrogens (tertiary/aromatic N) is 2. The lowest BCUT2D eigenvalue weighted by atomic mass is 10.2. The number of carbonyl (C=O) groups is 1. The van der Waals surface area contributed by atoms with E-state index in [1.54, 1.807) is 25.4 Å². The van der Waals surface area contributed by atoms with Crippen molar-refractivity contribution in [2.45, 2.75) is 13.0 Å². The van der Waals surface area contributed by atoms with Crippen LogP contribution in [0.4, 0.5) is 21.7 Å². The smallest absolute Gasteiger partial charge is 0.241 e. The Morgan fingerprint density at radius 2 is 1.95 bits per heavy atom. The van der Waals surface area contributed by atoms with Crippen molar-refractivity contribution in [3.05, 3.63) is 42.5 Å². The van der Waals surface area contributed by atoms with E-state index in [2.05, 4.69) is 20.6 Å². The molecular formula is C13H15ClFN5O. The highest BCUT2D eigenvalue weighted by atomic mass is 35.5. The molecule has 8 heteroatoms. The minimum absolute atomic E-state index is 0. The van der Waals surface area contributed by atoms with Crippen molar-refractivity contribution >= 4 is 35.6 Å². The number of anilines is 3. The molecule has 2 rings (SSSR count). The second kappa shape index (κ2) is 7.51. The van der Waals surface area contributed by atoms with Crippen LogP contribution in [0.3, 0.4) is 0 Å². The van der Waals surface area contributed by atoms with Crippen molar-refractivity contribution in [1.82, 2.24) is 9.97 Å². The van der Waals surface area contributed by atoms with E-state index in [-0.39, 0.29) is 18.3 Å². The standard InChI is InChI=1S/C13H14FN5O.ClH/c1-8(15)12(20)18-10-4-3-9(14)7-11(10)19-13-16-5-2-6-17-13;/h2-8H,15H2,1H3,(H,18,20)(H,16,17,19);1H/t8-;/m0./s1. The topological polar surface area (TPSA) is 92.9 Å². The molecule has 1 aromatic heterocycles. The summed E-state index contributed by atoms with van der Waals surface area (Å²) in [6.07, 6.45) is 3.10. The van der Waals surface area contributed by atoms with Gasteiger partial charge in [-0.2, -0.15) is 0 Å². The highest BCUT2D eigenvalue weighted by Gasteiger charge is 2.12. The lowest BCUT2D eigenvalue weighted by Gasteiger charge is -2.13. The number of hydrogen-bond acceptors (Lipinski definition) is 5. The summed E-state index contributed by atoms with van der Waals surface area (Å²) in [7, 11) is 0. The third-order valence-corrected chi connectivity index (χ3v) is 2.47. The van der Waals surface area contributed by atoms with E-state index in [1.165, 1.54) is 18.2 Å². The number of nitrogens with one attached hydrogen (secondary N) is 2. The van der Waals surface area contributed by atoms with Crippen molar-refractivity contribution < 1.29 is 9.18 Å². The van der Waals surface area contributed by atoms with Crippen molar-refractivity contribution in [3.63, 3.8) is 0 Å². The molecule has 2 aromatic rings. The number of benzene rings is 1. The number of amides is 1. The molecule has 0 aliphatic carbocycles. The fraction of sp³-hybridized carbons (Fsp3) is 0.154. The molecule has 112 valence electrons. The van der Waals surface area contributed by atoms with Crippen LogP contribution >= 0.6 is 12.4 Å². The molecular weight excluding hydrogens is 297 g/mol. The first-order valence-corrected chi connectivity index (χ1v) is 5.96. The van der Waals surface area contributed by atoms with E-state index in [4.69, 9.17) is 5.73 Å². The van der Waals surface area contributed by atoms with E-state index >= 15 is 0 Å². The first kappa shape index (κ1) is 16.8. The fourth-order valence-electron chi connectivity index (χ4n) is 1.46. The molecule has 1 aromatic carbocycles. The highest BCUT2D eigenvalue weighted by molar-refractivity contribution is 5.97. The molecule has 0 aliphatic rings. The normalized spacial score (nSPS) is 11.2. The Kier molecular flexibility index (Phi) is 6.01. The monoisotopic (exact) mass is 311 g/mol. The summed E-state index contributed by atoms with van der Waals surface area (Å²) in [6.45, 7) is 1.56. The van der Waals surface area contributed by atoms with Crippen LogP contribution in [0.5, 0.6) is 0 Å². The fourth-order valence-corrected chi connectivity index (χ4v) is 1.46. The SMILES string of the molecule is C[C@H](N)C(=O)Nc1ccc(F)cc1Nc1ncccn1.Cl. The molecule has 21 heavy (non-hydrogen) atoms. The maximum atomic E-state index is 13.3. The van der Waals surface area contributed by atoms with Gasteiger partial charge in [0.2, 0.25) is 11.9 Å². The predicted octanol–water partition coefficient (Wildman–Crippen LogP) is 2.07. The first-order chi connectivity index (χ1) is 9.56. The summed E-state index contributed by atoms with van der Waals surface area (Å²) >= 11 is 0. The number of rotatable bonds is 4. The zero-order valence-electron chi connectivity index (χ0n) is 11.2. The number of nitrogens with two attached hydrogens (primary N) is 1. The Morgan fingerprint density at radius 3 is 2.57 bits per heavy atom. The second-order valence-corrected chi connectivity index (χ2v) is 4.17. The van der Waals surface area contributed by atoms with Gasteiger partial charge in [0.1, 0.15) is 5.82 Å². The summed E-state index contributed by atoms with van der Waals surface area (Å²) in [4.78, 5) is 19.6. The molecule has 0 unspecified atom stereocenters. The Labute approximate surface area is 127 Å². The molecule has 0 fully saturated rings. The highest BCUT2D eigenvalue weighted by Crippen LogP contribution is 2.25. The van der Waals surface area contributed by atoms with Crippen LogP contribution in [0.25, 0.3) is 0 Å². The summed E-state index contributed by atoms with van der Waals surface area (Å²) in [6, 6.07) is 4.93. The van der Waals surface area contributed by atoms with E-state index < -0.39 is 11.9 Å². The summed E-state index contributed by atoms with van der Waals surface area (Å²) in [5, 5.41) is 5.45. The number of hydrogen-bond donors (Lipinski definition) is 3. The zero-order valence-corrected chi connectivity index (χ0v) is 12.0. The maximum absolute atomic E-state index is 13.3. The lowest BCUT2D eigenvalue weighted by molar-refractivity contribution is -0.117. The maximum Gasteiger partial charge on any atom is 0.241 e. The van der Waals surface area contributed by atoms with Crippen LogP contribution in [0.2, 0.25) is 0 Å². The summed E-state index contributed by atoms with van der Waals surface area (Å²) < 4.78 is 13.3. The van der Waals surface area contributed by atoms with E-state index in [0.717, 1.165) is 0 Å². The minimum Gasteiger partial charge on any atom is -0.323 e. The predicted molar refractivity (Wildman–Crippen MR) is 81.2 cm³/mol. The van der Waals surface area contributed by atoms with E-state index in [1.807, 2.05) is 0 Å². The van der Waals surface area contributed by atoms with Gasteiger partial charge in [0.25, 0.3) is 0 Å². The number of halogens is 2. The molecule has 0 saturated heterocycles. The van der Waals surface area contributed by atoms with Gasteiger partial charge in [-0.15, -0.1) is 12.4 Å². The Hall–Kier alpha value is -2.25. The van der Waals surface area contributed by atoms with Gasteiger partial charge in [-0.1, -0.05) is 0 Å². The van der Waals surface area contributed by atoms with Gasteiger partial charge >= 0.3 is 0 Å². The first-order valence-electron chi connectivity index (χ1n) is 5.96. The van der Waals surface area contributed by atoms with Gasteiger partial charge in [0.15, 0.2) is 0 Å². The van der Waals surface area contributed by atoms with Gasteiger partial charge in [-0.3, -0.25) is 4.79 Å². The van der Waals surface area contributed by atoms with Crippen molar-refractivity contribution in [2.24, 2.45) is 5.73 Å². The number of aromatic nitrogens is 2. The summed E-state index contributed by atoms with van der Waals surface area (Å²) in [5.41, 5.74) is 6.24. The van der Waals surface area contributed by atoms with Gasteiger partial charge < -0.3 is 16.4 Å². The molecule has 1 amide bonds. The van der Waals surface area contributed by atoms with Gasteiger partial charge in [0, 0.05) is 12.4 Å². The van der Waals surface area contributed by atoms with Gasteiger partial charge in [-0.25, -0.2) is 14.4 Å². The van der Waals surface area contributed by atoms with Crippen molar-refractivity contribution in [3.8, 4) is 0 Å². The molecule has 1 heterocycles. The molecule has 4 N–H and O–H groups in total. The van der Waals surface area contributed by atoms with Crippen LogP contribution in [0.1, 0.15) is 6.92 Å².